The Morgan fingerprint density at radius 1 is 0.323 bits per heavy atom. The number of carbonyl (C=O) groups is 2. The Hall–Kier alpha value is -4.89. The first-order valence-electron chi connectivity index (χ1n) is 38.5. The Morgan fingerprint density at radius 3 is 0.833 bits per heavy atom. The van der Waals surface area contributed by atoms with Crippen LogP contribution < -0.4 is 0 Å². The molecule has 0 rings (SSSR count). The van der Waals surface area contributed by atoms with Crippen LogP contribution in [-0.4, -0.2) is 74.9 Å². The summed E-state index contributed by atoms with van der Waals surface area (Å²) in [6, 6.07) is 0. The molecule has 0 saturated carbocycles. The van der Waals surface area contributed by atoms with E-state index in [1.54, 1.807) is 0 Å². The van der Waals surface area contributed by atoms with Crippen molar-refractivity contribution in [2.45, 2.75) is 302 Å². The fraction of sp³-hybridized carbons (Fsp3) is 0.628. The number of carbonyl (C=O) groups excluding carboxylic acids is 2. The quantitative estimate of drug-likeness (QED) is 0.0211. The van der Waals surface area contributed by atoms with E-state index < -0.39 is 26.5 Å². The maximum Gasteiger partial charge on any atom is 0.472 e. The lowest BCUT2D eigenvalue weighted by Gasteiger charge is -2.24. The van der Waals surface area contributed by atoms with Crippen LogP contribution in [0.15, 0.2) is 182 Å². The van der Waals surface area contributed by atoms with E-state index in [1.807, 2.05) is 21.1 Å². The molecule has 0 aromatic rings. The van der Waals surface area contributed by atoms with E-state index in [9.17, 15) is 19.0 Å². The van der Waals surface area contributed by atoms with Gasteiger partial charge in [-0.05, 0) is 135 Å². The standard InChI is InChI=1S/C86H142NO8P/c1-6-8-10-12-14-16-18-20-22-24-26-28-30-32-34-36-38-40-42-43-45-46-48-50-52-54-56-58-60-62-64-66-68-70-72-74-76-78-85(88)92-82-84(83-94-96(90,91)93-81-80-87(3,4)5)95-86(89)79-77-75-73-71-69-67-65-63-61-59-57-55-53-51-49-47-44-41-39-37-35-33-31-29-27-25-23-21-19-17-15-13-11-9-7-2/h8-11,14-17,20-23,26-29,32-35,39,41,47,49,53,55,59,61,65,67,84H,6-7,12-13,18-19,24-25,30-31,36-38,40,42-46,48,50-52,54,56-58,60,62-64,66,68-83H2,1-5H3/p+1/b10-8-,11-9-,16-14-,17-15-,22-20-,23-21-,28-26-,29-27-,34-32-,35-33-,41-39-,49-47-,55-53-,61-59-,67-65-. The summed E-state index contributed by atoms with van der Waals surface area (Å²) in [7, 11) is 1.44. The van der Waals surface area contributed by atoms with Crippen molar-refractivity contribution in [1.82, 2.24) is 0 Å². The van der Waals surface area contributed by atoms with Crippen LogP contribution in [0.5, 0.6) is 0 Å². The number of likely N-dealkylation sites (N-methyl/N-ethyl adjacent to an activating group) is 1. The molecule has 1 N–H and O–H groups in total. The summed E-state index contributed by atoms with van der Waals surface area (Å²) in [5, 5.41) is 0. The van der Waals surface area contributed by atoms with Crippen molar-refractivity contribution < 1.29 is 42.1 Å². The highest BCUT2D eigenvalue weighted by Crippen LogP contribution is 2.43. The molecule has 0 aliphatic heterocycles. The number of nitrogens with zero attached hydrogens (tertiary/aromatic N) is 1. The SMILES string of the molecule is CC/C=C\C/C=C\C/C=C\C/C=C\C/C=C\C/C=C\C/C=C\C/C=C\C/C=C\C/C=C\CCCCCCC(=O)OC(COC(=O)CCCCCCCCCCCCCCCCCCCCCCC/C=C\C/C=C\C/C=C\C/C=C\C/C=C\CC)COP(=O)(O)OCC[N+](C)(C)C. The molecule has 96 heavy (non-hydrogen) atoms. The summed E-state index contributed by atoms with van der Waals surface area (Å²) in [6.07, 6.45) is 114. The van der Waals surface area contributed by atoms with Gasteiger partial charge in [0, 0.05) is 12.8 Å². The molecule has 0 aliphatic rings. The zero-order valence-corrected chi connectivity index (χ0v) is 62.9. The van der Waals surface area contributed by atoms with Crippen molar-refractivity contribution in [3.05, 3.63) is 182 Å². The van der Waals surface area contributed by atoms with Gasteiger partial charge in [-0.15, -0.1) is 0 Å². The Kier molecular flexibility index (Phi) is 70.5. The molecule has 544 valence electrons. The topological polar surface area (TPSA) is 108 Å². The van der Waals surface area contributed by atoms with Crippen LogP contribution in [0.4, 0.5) is 0 Å². The number of allylic oxidation sites excluding steroid dienone is 30. The van der Waals surface area contributed by atoms with Gasteiger partial charge in [-0.1, -0.05) is 331 Å². The Bertz CT molecular complexity index is 2280. The molecule has 0 saturated heterocycles. The van der Waals surface area contributed by atoms with Crippen LogP contribution >= 0.6 is 7.82 Å². The van der Waals surface area contributed by atoms with Gasteiger partial charge in [0.25, 0.3) is 0 Å². The molecule has 2 atom stereocenters. The number of hydrogen-bond acceptors (Lipinski definition) is 7. The largest absolute Gasteiger partial charge is 0.472 e. The molecule has 0 aromatic heterocycles. The number of rotatable bonds is 69. The Labute approximate surface area is 591 Å². The van der Waals surface area contributed by atoms with Gasteiger partial charge >= 0.3 is 19.8 Å². The lowest BCUT2D eigenvalue weighted by atomic mass is 10.0. The molecule has 0 amide bonds. The molecule has 0 aliphatic carbocycles. The van der Waals surface area contributed by atoms with Crippen molar-refractivity contribution in [2.75, 3.05) is 47.5 Å². The number of unbranched alkanes of at least 4 members (excludes halogenated alkanes) is 25. The molecule has 2 unspecified atom stereocenters. The third-order valence-corrected chi connectivity index (χ3v) is 16.9. The van der Waals surface area contributed by atoms with Gasteiger partial charge in [0.05, 0.1) is 27.7 Å². The van der Waals surface area contributed by atoms with Crippen molar-refractivity contribution in [3.63, 3.8) is 0 Å². The lowest BCUT2D eigenvalue weighted by Crippen LogP contribution is -2.37. The highest BCUT2D eigenvalue weighted by molar-refractivity contribution is 7.47. The summed E-state index contributed by atoms with van der Waals surface area (Å²) >= 11 is 0. The van der Waals surface area contributed by atoms with E-state index in [1.165, 1.54) is 122 Å². The average Bonchev–Trinajstić information content (AvgIpc) is 2.74. The lowest BCUT2D eigenvalue weighted by molar-refractivity contribution is -0.870. The molecular weight excluding hydrogens is 1210 g/mol. The van der Waals surface area contributed by atoms with Gasteiger partial charge in [0.15, 0.2) is 6.10 Å². The maximum atomic E-state index is 12.9. The van der Waals surface area contributed by atoms with Crippen molar-refractivity contribution >= 4 is 19.8 Å². The summed E-state index contributed by atoms with van der Waals surface area (Å²) < 4.78 is 34.7. The van der Waals surface area contributed by atoms with Crippen molar-refractivity contribution in [1.29, 1.82) is 0 Å². The number of hydrogen-bond donors (Lipinski definition) is 1. The Balaban J connectivity index is 4.08. The Morgan fingerprint density at radius 2 is 0.562 bits per heavy atom. The van der Waals surface area contributed by atoms with Gasteiger partial charge in [-0.2, -0.15) is 0 Å². The van der Waals surface area contributed by atoms with Crippen LogP contribution in [0.25, 0.3) is 0 Å². The third-order valence-electron chi connectivity index (χ3n) is 15.9. The van der Waals surface area contributed by atoms with Crippen LogP contribution in [-0.2, 0) is 32.7 Å². The number of esters is 2. The van der Waals surface area contributed by atoms with E-state index in [-0.39, 0.29) is 32.0 Å². The highest BCUT2D eigenvalue weighted by atomic mass is 31.2. The summed E-state index contributed by atoms with van der Waals surface area (Å²) in [6.45, 7) is 4.18. The van der Waals surface area contributed by atoms with Crippen LogP contribution in [0, 0.1) is 0 Å². The van der Waals surface area contributed by atoms with E-state index in [0.29, 0.717) is 17.4 Å². The molecular formula is C86H143NO8P+. The van der Waals surface area contributed by atoms with Crippen LogP contribution in [0.3, 0.4) is 0 Å². The number of phosphoric ester groups is 1. The van der Waals surface area contributed by atoms with E-state index in [4.69, 9.17) is 18.5 Å². The normalized spacial score (nSPS) is 14.1. The molecule has 9 nitrogen and oxygen atoms in total. The monoisotopic (exact) mass is 1350 g/mol. The molecule has 0 heterocycles. The van der Waals surface area contributed by atoms with E-state index >= 15 is 0 Å². The fourth-order valence-corrected chi connectivity index (χ4v) is 10.9. The second kappa shape index (κ2) is 74.3. The van der Waals surface area contributed by atoms with Gasteiger partial charge in [0.1, 0.15) is 19.8 Å². The molecule has 0 bridgehead atoms. The average molecular weight is 1350 g/mol. The molecule has 10 heteroatoms. The third kappa shape index (κ3) is 78.1. The predicted octanol–water partition coefficient (Wildman–Crippen LogP) is 25.8. The summed E-state index contributed by atoms with van der Waals surface area (Å²) in [4.78, 5) is 36.0. The number of quaternary nitrogens is 1. The zero-order chi connectivity index (χ0) is 69.7. The number of ether oxygens (including phenoxy) is 2. The van der Waals surface area contributed by atoms with Gasteiger partial charge in [0.2, 0.25) is 0 Å². The second-order valence-electron chi connectivity index (χ2n) is 26.3. The first-order chi connectivity index (χ1) is 47.0. The molecule has 0 fully saturated rings. The minimum atomic E-state index is -4.41. The van der Waals surface area contributed by atoms with Gasteiger partial charge in [-0.3, -0.25) is 18.6 Å². The first-order valence-corrected chi connectivity index (χ1v) is 40.0. The zero-order valence-electron chi connectivity index (χ0n) is 62.0. The van der Waals surface area contributed by atoms with E-state index in [2.05, 4.69) is 196 Å². The predicted molar refractivity (Wildman–Crippen MR) is 417 cm³/mol. The molecule has 0 radical (unpaired) electrons. The van der Waals surface area contributed by atoms with Crippen LogP contribution in [0.2, 0.25) is 0 Å². The smallest absolute Gasteiger partial charge is 0.462 e. The fourth-order valence-electron chi connectivity index (χ4n) is 10.1. The van der Waals surface area contributed by atoms with Crippen molar-refractivity contribution in [3.8, 4) is 0 Å². The van der Waals surface area contributed by atoms with E-state index in [0.717, 1.165) is 141 Å². The molecule has 0 aromatic carbocycles. The number of phosphoric acid groups is 1. The minimum absolute atomic E-state index is 0.0185. The minimum Gasteiger partial charge on any atom is -0.462 e. The maximum absolute atomic E-state index is 12.9. The highest BCUT2D eigenvalue weighted by Gasteiger charge is 2.27. The van der Waals surface area contributed by atoms with Crippen LogP contribution in [0.1, 0.15) is 296 Å². The second-order valence-corrected chi connectivity index (χ2v) is 27.7. The van der Waals surface area contributed by atoms with Gasteiger partial charge < -0.3 is 18.9 Å². The summed E-state index contributed by atoms with van der Waals surface area (Å²) in [5.41, 5.74) is 0. The molecule has 0 spiro atoms. The summed E-state index contributed by atoms with van der Waals surface area (Å²) in [5.74, 6) is -0.829. The van der Waals surface area contributed by atoms with Crippen molar-refractivity contribution in [2.24, 2.45) is 0 Å². The first kappa shape index (κ1) is 91.1. The van der Waals surface area contributed by atoms with Gasteiger partial charge in [-0.25, -0.2) is 4.57 Å².